The van der Waals surface area contributed by atoms with Gasteiger partial charge in [-0.05, 0) is 54.3 Å². The van der Waals surface area contributed by atoms with Crippen LogP contribution < -0.4 is 4.74 Å². The monoisotopic (exact) mass is 417 g/mol. The van der Waals surface area contributed by atoms with Gasteiger partial charge in [0.1, 0.15) is 18.5 Å². The summed E-state index contributed by atoms with van der Waals surface area (Å²) < 4.78 is 43.5. The first-order valence-corrected chi connectivity index (χ1v) is 9.92. The van der Waals surface area contributed by atoms with Crippen LogP contribution in [0, 0.1) is 6.92 Å². The van der Waals surface area contributed by atoms with Crippen molar-refractivity contribution in [3.05, 3.63) is 89.0 Å². The van der Waals surface area contributed by atoms with E-state index in [0.717, 1.165) is 18.6 Å². The van der Waals surface area contributed by atoms with Gasteiger partial charge >= 0.3 is 6.18 Å². The van der Waals surface area contributed by atoms with Gasteiger partial charge in [-0.25, -0.2) is 0 Å². The molecule has 1 unspecified atom stereocenters. The molecule has 0 saturated carbocycles. The Kier molecular flexibility index (Phi) is 7.34. The fraction of sp³-hybridized carbons (Fsp3) is 0.333. The van der Waals surface area contributed by atoms with Crippen molar-refractivity contribution in [1.29, 1.82) is 0 Å². The average molecular weight is 417 g/mol. The SMILES string of the molecule is Cc1ccccc1CN(CC1=CCC=C1)CC(O)COc1ccc(C(F)(F)F)cc1. The van der Waals surface area contributed by atoms with Crippen LogP contribution in [0.3, 0.4) is 0 Å². The topological polar surface area (TPSA) is 32.7 Å². The summed E-state index contributed by atoms with van der Waals surface area (Å²) >= 11 is 0. The van der Waals surface area contributed by atoms with E-state index in [9.17, 15) is 18.3 Å². The predicted molar refractivity (Wildman–Crippen MR) is 111 cm³/mol. The number of rotatable bonds is 9. The number of alkyl halides is 3. The van der Waals surface area contributed by atoms with E-state index in [1.54, 1.807) is 0 Å². The van der Waals surface area contributed by atoms with Crippen molar-refractivity contribution in [3.8, 4) is 5.75 Å². The summed E-state index contributed by atoms with van der Waals surface area (Å²) in [5, 5.41) is 10.5. The second kappa shape index (κ2) is 9.96. The first kappa shape index (κ1) is 22.1. The number of allylic oxidation sites excluding steroid dienone is 2. The standard InChI is InChI=1S/C24H26F3NO2/c1-18-6-2-5-9-20(18)15-28(14-19-7-3-4-8-19)16-22(29)17-30-23-12-10-21(11-13-23)24(25,26)27/h2-3,5-13,22,29H,4,14-17H2,1H3. The maximum Gasteiger partial charge on any atom is 0.416 e. The van der Waals surface area contributed by atoms with Gasteiger partial charge in [0.25, 0.3) is 0 Å². The fourth-order valence-electron chi connectivity index (χ4n) is 3.38. The molecule has 0 fully saturated rings. The molecule has 2 aromatic rings. The molecule has 0 aliphatic heterocycles. The Hall–Kier alpha value is -2.57. The third kappa shape index (κ3) is 6.47. The summed E-state index contributed by atoms with van der Waals surface area (Å²) in [7, 11) is 0. The van der Waals surface area contributed by atoms with Crippen LogP contribution in [0.1, 0.15) is 23.1 Å². The number of hydrogen-bond donors (Lipinski definition) is 1. The van der Waals surface area contributed by atoms with Crippen LogP contribution in [0.25, 0.3) is 0 Å². The lowest BCUT2D eigenvalue weighted by Gasteiger charge is -2.26. The molecule has 0 bridgehead atoms. The normalized spacial score (nSPS) is 14.8. The van der Waals surface area contributed by atoms with Crippen molar-refractivity contribution in [2.45, 2.75) is 32.2 Å². The Morgan fingerprint density at radius 2 is 1.80 bits per heavy atom. The number of aliphatic hydroxyl groups excluding tert-OH is 1. The van der Waals surface area contributed by atoms with E-state index >= 15 is 0 Å². The van der Waals surface area contributed by atoms with Crippen LogP contribution >= 0.6 is 0 Å². The Balaban J connectivity index is 1.59. The van der Waals surface area contributed by atoms with E-state index in [0.29, 0.717) is 25.4 Å². The molecule has 1 aliphatic rings. The van der Waals surface area contributed by atoms with Crippen LogP contribution in [0.4, 0.5) is 13.2 Å². The number of aliphatic hydroxyl groups is 1. The summed E-state index contributed by atoms with van der Waals surface area (Å²) in [4.78, 5) is 2.16. The van der Waals surface area contributed by atoms with Crippen LogP contribution in [0.5, 0.6) is 5.75 Å². The van der Waals surface area contributed by atoms with E-state index < -0.39 is 17.8 Å². The first-order valence-electron chi connectivity index (χ1n) is 9.92. The van der Waals surface area contributed by atoms with Crippen molar-refractivity contribution in [3.63, 3.8) is 0 Å². The second-order valence-corrected chi connectivity index (χ2v) is 7.50. The van der Waals surface area contributed by atoms with Crippen molar-refractivity contribution >= 4 is 0 Å². The number of aryl methyl sites for hydroxylation is 1. The largest absolute Gasteiger partial charge is 0.491 e. The number of halogens is 3. The van der Waals surface area contributed by atoms with Gasteiger partial charge < -0.3 is 9.84 Å². The molecule has 160 valence electrons. The minimum atomic E-state index is -4.38. The molecule has 0 radical (unpaired) electrons. The van der Waals surface area contributed by atoms with Crippen molar-refractivity contribution in [2.75, 3.05) is 19.7 Å². The zero-order valence-electron chi connectivity index (χ0n) is 16.9. The number of nitrogens with zero attached hydrogens (tertiary/aromatic N) is 1. The zero-order chi connectivity index (χ0) is 21.6. The summed E-state index contributed by atoms with van der Waals surface area (Å²) in [5.41, 5.74) is 2.86. The molecule has 1 aliphatic carbocycles. The van der Waals surface area contributed by atoms with Crippen LogP contribution in [-0.4, -0.2) is 35.8 Å². The third-order valence-electron chi connectivity index (χ3n) is 5.00. The smallest absolute Gasteiger partial charge is 0.416 e. The molecule has 0 aromatic heterocycles. The van der Waals surface area contributed by atoms with Crippen molar-refractivity contribution in [2.24, 2.45) is 0 Å². The molecule has 2 aromatic carbocycles. The van der Waals surface area contributed by atoms with E-state index in [-0.39, 0.29) is 6.61 Å². The number of hydrogen-bond acceptors (Lipinski definition) is 3. The summed E-state index contributed by atoms with van der Waals surface area (Å²) in [6, 6.07) is 12.6. The van der Waals surface area contributed by atoms with E-state index in [1.165, 1.54) is 28.8 Å². The lowest BCUT2D eigenvalue weighted by atomic mass is 10.1. The maximum absolute atomic E-state index is 12.7. The maximum atomic E-state index is 12.7. The summed E-state index contributed by atoms with van der Waals surface area (Å²) in [6.45, 7) is 3.86. The Morgan fingerprint density at radius 3 is 2.43 bits per heavy atom. The van der Waals surface area contributed by atoms with Gasteiger partial charge in [0.15, 0.2) is 0 Å². The highest BCUT2D eigenvalue weighted by Gasteiger charge is 2.30. The Labute approximate surface area is 175 Å². The summed E-state index contributed by atoms with van der Waals surface area (Å²) in [6.07, 6.45) is 2.13. The van der Waals surface area contributed by atoms with Crippen molar-refractivity contribution < 1.29 is 23.0 Å². The molecule has 3 nitrogen and oxygen atoms in total. The highest BCUT2D eigenvalue weighted by atomic mass is 19.4. The average Bonchev–Trinajstić information content (AvgIpc) is 3.21. The molecule has 0 amide bonds. The number of benzene rings is 2. The zero-order valence-corrected chi connectivity index (χ0v) is 16.9. The second-order valence-electron chi connectivity index (χ2n) is 7.50. The molecule has 6 heteroatoms. The molecule has 1 N–H and O–H groups in total. The minimum Gasteiger partial charge on any atom is -0.491 e. The van der Waals surface area contributed by atoms with Gasteiger partial charge in [-0.3, -0.25) is 4.90 Å². The molecule has 30 heavy (non-hydrogen) atoms. The Bertz CT molecular complexity index is 888. The Morgan fingerprint density at radius 1 is 1.07 bits per heavy atom. The number of ether oxygens (including phenoxy) is 1. The highest BCUT2D eigenvalue weighted by Crippen LogP contribution is 2.30. The van der Waals surface area contributed by atoms with Gasteiger partial charge in [-0.2, -0.15) is 13.2 Å². The van der Waals surface area contributed by atoms with Gasteiger partial charge in [-0.1, -0.05) is 42.5 Å². The molecular weight excluding hydrogens is 391 g/mol. The van der Waals surface area contributed by atoms with Gasteiger partial charge in [0, 0.05) is 19.6 Å². The molecule has 0 saturated heterocycles. The van der Waals surface area contributed by atoms with E-state index in [1.807, 2.05) is 12.1 Å². The van der Waals surface area contributed by atoms with Crippen LogP contribution in [-0.2, 0) is 12.7 Å². The van der Waals surface area contributed by atoms with Gasteiger partial charge in [-0.15, -0.1) is 0 Å². The quantitative estimate of drug-likeness (QED) is 0.613. The van der Waals surface area contributed by atoms with Gasteiger partial charge in [0.2, 0.25) is 0 Å². The molecule has 0 spiro atoms. The van der Waals surface area contributed by atoms with E-state index in [4.69, 9.17) is 4.74 Å². The predicted octanol–water partition coefficient (Wildman–Crippen LogP) is 5.14. The molecular formula is C24H26F3NO2. The highest BCUT2D eigenvalue weighted by molar-refractivity contribution is 5.30. The van der Waals surface area contributed by atoms with Crippen molar-refractivity contribution in [1.82, 2.24) is 4.90 Å². The minimum absolute atomic E-state index is 0.00449. The summed E-state index contributed by atoms with van der Waals surface area (Å²) in [5.74, 6) is 0.300. The molecule has 1 atom stereocenters. The lowest BCUT2D eigenvalue weighted by molar-refractivity contribution is -0.137. The third-order valence-corrected chi connectivity index (χ3v) is 5.00. The fourth-order valence-corrected chi connectivity index (χ4v) is 3.38. The molecule has 3 rings (SSSR count). The lowest BCUT2D eigenvalue weighted by Crippen LogP contribution is -2.36. The van der Waals surface area contributed by atoms with Crippen LogP contribution in [0.15, 0.2) is 72.3 Å². The first-order chi connectivity index (χ1) is 14.3. The van der Waals surface area contributed by atoms with Gasteiger partial charge in [0.05, 0.1) is 5.56 Å². The van der Waals surface area contributed by atoms with E-state index in [2.05, 4.69) is 42.2 Å². The van der Waals surface area contributed by atoms with Crippen LogP contribution in [0.2, 0.25) is 0 Å². The molecule has 0 heterocycles.